The highest BCUT2D eigenvalue weighted by atomic mass is 32.2. The Labute approximate surface area is 223 Å². The van der Waals surface area contributed by atoms with Crippen LogP contribution in [0.3, 0.4) is 0 Å². The number of carbonyl (C=O) groups is 2. The third kappa shape index (κ3) is 6.51. The molecule has 0 bridgehead atoms. The monoisotopic (exact) mass is 536 g/mol. The largest absolute Gasteiger partial charge is 0.364 e. The van der Waals surface area contributed by atoms with E-state index in [9.17, 15) is 18.0 Å². The summed E-state index contributed by atoms with van der Waals surface area (Å²) in [5.41, 5.74) is 0.572. The molecule has 0 atom stereocenters. The first-order valence-electron chi connectivity index (χ1n) is 12.6. The van der Waals surface area contributed by atoms with Gasteiger partial charge in [-0.1, -0.05) is 40.9 Å². The second kappa shape index (κ2) is 12.6. The zero-order chi connectivity index (χ0) is 27.0. The number of rotatable bonds is 10. The first-order chi connectivity index (χ1) is 18.4. The number of amides is 2. The van der Waals surface area contributed by atoms with Crippen molar-refractivity contribution in [3.05, 3.63) is 90.5 Å². The molecule has 1 saturated heterocycles. The quantitative estimate of drug-likeness (QED) is 0.386. The molecule has 4 rings (SSSR count). The second-order valence-corrected chi connectivity index (χ2v) is 10.6. The lowest BCUT2D eigenvalue weighted by atomic mass is 10.0. The highest BCUT2D eigenvalue weighted by Gasteiger charge is 2.28. The van der Waals surface area contributed by atoms with Gasteiger partial charge in [0.05, 0.1) is 17.1 Å². The van der Waals surface area contributed by atoms with Crippen LogP contribution in [0.2, 0.25) is 0 Å². The Kier molecular flexibility index (Phi) is 8.98. The molecule has 38 heavy (non-hydrogen) atoms. The summed E-state index contributed by atoms with van der Waals surface area (Å²) in [6.07, 6.45) is 1.77. The van der Waals surface area contributed by atoms with E-state index in [0.29, 0.717) is 18.0 Å². The molecule has 0 aromatic heterocycles. The van der Waals surface area contributed by atoms with Crippen molar-refractivity contribution < 1.29 is 22.8 Å². The SMILES string of the molecule is CCN(C(=O)CNC(=O)c1ccc(S(=O)(=O)N(Oc2ccccc2)c2ccccc2)cc1)C1CCNCC1. The third-order valence-corrected chi connectivity index (χ3v) is 7.93. The van der Waals surface area contributed by atoms with Gasteiger partial charge in [0.2, 0.25) is 5.91 Å². The summed E-state index contributed by atoms with van der Waals surface area (Å²) in [7, 11) is -4.13. The van der Waals surface area contributed by atoms with Crippen molar-refractivity contribution >= 4 is 27.5 Å². The van der Waals surface area contributed by atoms with E-state index in [4.69, 9.17) is 4.84 Å². The van der Waals surface area contributed by atoms with Crippen molar-refractivity contribution in [3.8, 4) is 5.75 Å². The van der Waals surface area contributed by atoms with Gasteiger partial charge in [0.15, 0.2) is 5.75 Å². The number of benzene rings is 3. The van der Waals surface area contributed by atoms with Gasteiger partial charge in [0, 0.05) is 18.2 Å². The van der Waals surface area contributed by atoms with Crippen LogP contribution in [0, 0.1) is 0 Å². The van der Waals surface area contributed by atoms with Crippen LogP contribution < -0.4 is 19.9 Å². The Morgan fingerprint density at radius 3 is 2.13 bits per heavy atom. The first kappa shape index (κ1) is 27.2. The number of para-hydroxylation sites is 2. The molecule has 2 N–H and O–H groups in total. The fraction of sp³-hybridized carbons (Fsp3) is 0.286. The van der Waals surface area contributed by atoms with E-state index in [1.165, 1.54) is 24.3 Å². The van der Waals surface area contributed by atoms with Crippen LogP contribution in [-0.4, -0.2) is 57.4 Å². The summed E-state index contributed by atoms with van der Waals surface area (Å²) < 4.78 is 27.9. The van der Waals surface area contributed by atoms with Crippen LogP contribution in [0.4, 0.5) is 5.69 Å². The number of likely N-dealkylation sites (N-methyl/N-ethyl adjacent to an activating group) is 1. The highest BCUT2D eigenvalue weighted by molar-refractivity contribution is 7.92. The molecule has 9 nitrogen and oxygen atoms in total. The number of anilines is 1. The molecular formula is C28H32N4O5S. The molecule has 1 aliphatic heterocycles. The Balaban J connectivity index is 1.46. The van der Waals surface area contributed by atoms with E-state index in [0.717, 1.165) is 30.4 Å². The summed E-state index contributed by atoms with van der Waals surface area (Å²) in [6, 6.07) is 22.8. The van der Waals surface area contributed by atoms with E-state index in [2.05, 4.69) is 10.6 Å². The molecule has 0 radical (unpaired) electrons. The topological polar surface area (TPSA) is 108 Å². The zero-order valence-corrected chi connectivity index (χ0v) is 22.1. The average Bonchev–Trinajstić information content (AvgIpc) is 2.96. The van der Waals surface area contributed by atoms with Crippen LogP contribution in [0.1, 0.15) is 30.1 Å². The van der Waals surface area contributed by atoms with Gasteiger partial charge in [-0.15, -0.1) is 0 Å². The molecule has 0 aliphatic carbocycles. The lowest BCUT2D eigenvalue weighted by Crippen LogP contribution is -2.49. The van der Waals surface area contributed by atoms with Gasteiger partial charge in [-0.05, 0) is 81.4 Å². The molecule has 3 aromatic carbocycles. The minimum Gasteiger partial charge on any atom is -0.364 e. The fourth-order valence-corrected chi connectivity index (χ4v) is 5.61. The molecule has 10 heteroatoms. The van der Waals surface area contributed by atoms with Crippen LogP contribution in [0.5, 0.6) is 5.75 Å². The van der Waals surface area contributed by atoms with Crippen molar-refractivity contribution in [3.63, 3.8) is 0 Å². The maximum Gasteiger partial charge on any atom is 0.295 e. The van der Waals surface area contributed by atoms with Gasteiger partial charge in [-0.3, -0.25) is 9.59 Å². The molecule has 0 unspecified atom stereocenters. The van der Waals surface area contributed by atoms with Crippen molar-refractivity contribution in [2.24, 2.45) is 0 Å². The molecule has 200 valence electrons. The number of piperidine rings is 1. The Bertz CT molecular complexity index is 1310. The van der Waals surface area contributed by atoms with Gasteiger partial charge >= 0.3 is 0 Å². The minimum absolute atomic E-state index is 0.0482. The molecule has 0 saturated carbocycles. The summed E-state index contributed by atoms with van der Waals surface area (Å²) >= 11 is 0. The van der Waals surface area contributed by atoms with Gasteiger partial charge in [-0.25, -0.2) is 0 Å². The van der Waals surface area contributed by atoms with E-state index in [1.807, 2.05) is 11.8 Å². The van der Waals surface area contributed by atoms with Crippen molar-refractivity contribution in [2.75, 3.05) is 30.6 Å². The molecule has 3 aromatic rings. The normalized spacial score (nSPS) is 13.9. The maximum absolute atomic E-state index is 13.5. The minimum atomic E-state index is -4.13. The fourth-order valence-electron chi connectivity index (χ4n) is 4.36. The summed E-state index contributed by atoms with van der Waals surface area (Å²) in [5, 5.41) is 5.95. The predicted octanol–water partition coefficient (Wildman–Crippen LogP) is 3.21. The number of hydrogen-bond acceptors (Lipinski definition) is 6. The Morgan fingerprint density at radius 1 is 0.921 bits per heavy atom. The smallest absolute Gasteiger partial charge is 0.295 e. The molecule has 2 amide bonds. The van der Waals surface area contributed by atoms with Crippen LogP contribution in [0.25, 0.3) is 0 Å². The molecular weight excluding hydrogens is 504 g/mol. The first-order valence-corrected chi connectivity index (χ1v) is 14.1. The highest BCUT2D eigenvalue weighted by Crippen LogP contribution is 2.26. The number of nitrogens with zero attached hydrogens (tertiary/aromatic N) is 2. The molecule has 1 aliphatic rings. The van der Waals surface area contributed by atoms with Gasteiger partial charge in [-0.2, -0.15) is 8.42 Å². The summed E-state index contributed by atoms with van der Waals surface area (Å²) in [5.74, 6) is -0.237. The third-order valence-electron chi connectivity index (χ3n) is 6.34. The van der Waals surface area contributed by atoms with Crippen molar-refractivity contribution in [2.45, 2.75) is 30.7 Å². The van der Waals surface area contributed by atoms with Crippen molar-refractivity contribution in [1.29, 1.82) is 0 Å². The average molecular weight is 537 g/mol. The number of nitrogens with one attached hydrogen (secondary N) is 2. The summed E-state index contributed by atoms with van der Waals surface area (Å²) in [4.78, 5) is 33.0. The predicted molar refractivity (Wildman–Crippen MR) is 145 cm³/mol. The van der Waals surface area contributed by atoms with E-state index >= 15 is 0 Å². The molecule has 1 fully saturated rings. The lowest BCUT2D eigenvalue weighted by Gasteiger charge is -2.34. The van der Waals surface area contributed by atoms with Gasteiger partial charge in [0.25, 0.3) is 15.9 Å². The van der Waals surface area contributed by atoms with Crippen LogP contribution in [-0.2, 0) is 14.8 Å². The van der Waals surface area contributed by atoms with Crippen molar-refractivity contribution in [1.82, 2.24) is 15.5 Å². The Morgan fingerprint density at radius 2 is 1.53 bits per heavy atom. The lowest BCUT2D eigenvalue weighted by molar-refractivity contribution is -0.132. The van der Waals surface area contributed by atoms with Gasteiger partial charge < -0.3 is 20.4 Å². The summed E-state index contributed by atoms with van der Waals surface area (Å²) in [6.45, 7) is 4.13. The maximum atomic E-state index is 13.5. The standard InChI is InChI=1S/C28H32N4O5S/c1-2-31(23-17-19-29-20-18-23)27(33)21-30-28(34)22-13-15-26(16-14-22)38(35,36)32(24-9-5-3-6-10-24)37-25-11-7-4-8-12-25/h3-16,23,29H,2,17-21H2,1H3,(H,30,34). The van der Waals surface area contributed by atoms with E-state index < -0.39 is 15.9 Å². The zero-order valence-electron chi connectivity index (χ0n) is 21.2. The molecule has 0 spiro atoms. The van der Waals surface area contributed by atoms with E-state index in [-0.39, 0.29) is 29.0 Å². The second-order valence-electron chi connectivity index (χ2n) is 8.84. The molecule has 1 heterocycles. The number of hydrogen-bond donors (Lipinski definition) is 2. The van der Waals surface area contributed by atoms with Gasteiger partial charge in [0.1, 0.15) is 0 Å². The van der Waals surface area contributed by atoms with Crippen LogP contribution in [0.15, 0.2) is 89.8 Å². The number of sulfonamides is 1. The number of carbonyl (C=O) groups excluding carboxylic acids is 2. The van der Waals surface area contributed by atoms with E-state index in [1.54, 1.807) is 60.7 Å². The Hall–Kier alpha value is -3.89. The van der Waals surface area contributed by atoms with Crippen LogP contribution >= 0.6 is 0 Å².